The Hall–Kier alpha value is -1.06. The molecule has 94 valence electrons. The van der Waals surface area contributed by atoms with Crippen molar-refractivity contribution in [2.45, 2.75) is 32.4 Å². The highest BCUT2D eigenvalue weighted by molar-refractivity contribution is 5.38. The second kappa shape index (κ2) is 4.67. The molecule has 1 unspecified atom stereocenters. The van der Waals surface area contributed by atoms with Gasteiger partial charge in [-0.3, -0.25) is 0 Å². The Balaban J connectivity index is 2.32. The van der Waals surface area contributed by atoms with Crippen LogP contribution in [0.3, 0.4) is 0 Å². The Kier molecular flexibility index (Phi) is 3.40. The van der Waals surface area contributed by atoms with Gasteiger partial charge in [-0.05, 0) is 44.0 Å². The molecule has 1 fully saturated rings. The van der Waals surface area contributed by atoms with Gasteiger partial charge in [0, 0.05) is 6.54 Å². The molecule has 0 spiro atoms. The molecule has 0 bridgehead atoms. The molecule has 1 aliphatic rings. The molecule has 0 aromatic heterocycles. The van der Waals surface area contributed by atoms with E-state index in [4.69, 9.17) is 9.47 Å². The van der Waals surface area contributed by atoms with Crippen molar-refractivity contribution in [3.05, 3.63) is 29.3 Å². The zero-order chi connectivity index (χ0) is 12.5. The monoisotopic (exact) mass is 235 g/mol. The van der Waals surface area contributed by atoms with Crippen molar-refractivity contribution in [3.63, 3.8) is 0 Å². The minimum Gasteiger partial charge on any atom is -0.497 e. The lowest BCUT2D eigenvalue weighted by molar-refractivity contribution is -0.0724. The molecule has 0 radical (unpaired) electrons. The lowest BCUT2D eigenvalue weighted by Crippen LogP contribution is -2.48. The maximum absolute atomic E-state index is 5.85. The number of morpholine rings is 1. The molecule has 1 aromatic carbocycles. The van der Waals surface area contributed by atoms with Gasteiger partial charge in [0.15, 0.2) is 0 Å². The third kappa shape index (κ3) is 2.45. The van der Waals surface area contributed by atoms with Gasteiger partial charge in [0.05, 0.1) is 25.4 Å². The highest BCUT2D eigenvalue weighted by atomic mass is 16.5. The zero-order valence-electron chi connectivity index (χ0n) is 11.0. The molecule has 3 nitrogen and oxygen atoms in total. The van der Waals surface area contributed by atoms with Gasteiger partial charge in [-0.25, -0.2) is 0 Å². The first kappa shape index (κ1) is 12.4. The Morgan fingerprint density at radius 3 is 2.76 bits per heavy atom. The van der Waals surface area contributed by atoms with E-state index in [0.717, 1.165) is 18.9 Å². The molecule has 1 atom stereocenters. The molecule has 1 heterocycles. The van der Waals surface area contributed by atoms with Crippen LogP contribution in [0.4, 0.5) is 0 Å². The topological polar surface area (TPSA) is 30.5 Å². The first-order valence-corrected chi connectivity index (χ1v) is 6.06. The van der Waals surface area contributed by atoms with Crippen LogP contribution in [-0.2, 0) is 4.74 Å². The SMILES string of the molecule is COc1ccc(C2NCCOC2(C)C)c(C)c1. The Morgan fingerprint density at radius 2 is 2.18 bits per heavy atom. The minimum atomic E-state index is -0.169. The van der Waals surface area contributed by atoms with Crippen LogP contribution in [0.2, 0.25) is 0 Å². The third-order valence-corrected chi connectivity index (χ3v) is 3.41. The van der Waals surface area contributed by atoms with E-state index in [9.17, 15) is 0 Å². The number of ether oxygens (including phenoxy) is 2. The van der Waals surface area contributed by atoms with Crippen LogP contribution in [-0.4, -0.2) is 25.9 Å². The lowest BCUT2D eigenvalue weighted by atomic mass is 9.88. The van der Waals surface area contributed by atoms with Crippen molar-refractivity contribution in [1.29, 1.82) is 0 Å². The molecule has 17 heavy (non-hydrogen) atoms. The summed E-state index contributed by atoms with van der Waals surface area (Å²) < 4.78 is 11.1. The molecular weight excluding hydrogens is 214 g/mol. The number of hydrogen-bond acceptors (Lipinski definition) is 3. The Bertz CT molecular complexity index is 401. The maximum atomic E-state index is 5.85. The molecule has 0 saturated carbocycles. The van der Waals surface area contributed by atoms with Crippen LogP contribution < -0.4 is 10.1 Å². The van der Waals surface area contributed by atoms with E-state index in [0.29, 0.717) is 0 Å². The van der Waals surface area contributed by atoms with E-state index in [2.05, 4.69) is 38.2 Å². The van der Waals surface area contributed by atoms with Gasteiger partial charge in [0.1, 0.15) is 5.75 Å². The van der Waals surface area contributed by atoms with Gasteiger partial charge in [0.25, 0.3) is 0 Å². The molecule has 3 heteroatoms. The summed E-state index contributed by atoms with van der Waals surface area (Å²) >= 11 is 0. The van der Waals surface area contributed by atoms with Gasteiger partial charge in [-0.2, -0.15) is 0 Å². The Labute approximate surface area is 103 Å². The largest absolute Gasteiger partial charge is 0.497 e. The normalized spacial score (nSPS) is 23.4. The van der Waals surface area contributed by atoms with Crippen molar-refractivity contribution >= 4 is 0 Å². The van der Waals surface area contributed by atoms with E-state index in [1.165, 1.54) is 11.1 Å². The molecule has 0 amide bonds. The van der Waals surface area contributed by atoms with E-state index >= 15 is 0 Å². The number of rotatable bonds is 2. The van der Waals surface area contributed by atoms with Crippen molar-refractivity contribution in [3.8, 4) is 5.75 Å². The predicted octanol–water partition coefficient (Wildman–Crippen LogP) is 2.44. The summed E-state index contributed by atoms with van der Waals surface area (Å²) in [6.45, 7) is 8.06. The second-order valence-electron chi connectivity index (χ2n) is 5.06. The zero-order valence-corrected chi connectivity index (χ0v) is 11.0. The summed E-state index contributed by atoms with van der Waals surface area (Å²) in [5.74, 6) is 0.904. The standard InChI is InChI=1S/C14H21NO2/c1-10-9-11(16-4)5-6-12(10)13-14(2,3)17-8-7-15-13/h5-6,9,13,15H,7-8H2,1-4H3. The second-order valence-corrected chi connectivity index (χ2v) is 5.06. The Morgan fingerprint density at radius 1 is 1.41 bits per heavy atom. The van der Waals surface area contributed by atoms with Gasteiger partial charge >= 0.3 is 0 Å². The maximum Gasteiger partial charge on any atom is 0.119 e. The summed E-state index contributed by atoms with van der Waals surface area (Å²) in [6, 6.07) is 6.45. The summed E-state index contributed by atoms with van der Waals surface area (Å²) in [7, 11) is 1.69. The first-order valence-electron chi connectivity index (χ1n) is 6.06. The van der Waals surface area contributed by atoms with E-state index in [1.54, 1.807) is 7.11 Å². The average molecular weight is 235 g/mol. The third-order valence-electron chi connectivity index (χ3n) is 3.41. The van der Waals surface area contributed by atoms with Crippen molar-refractivity contribution in [2.24, 2.45) is 0 Å². The van der Waals surface area contributed by atoms with Crippen LogP contribution >= 0.6 is 0 Å². The van der Waals surface area contributed by atoms with E-state index in [1.807, 2.05) is 6.07 Å². The fourth-order valence-electron chi connectivity index (χ4n) is 2.43. The smallest absolute Gasteiger partial charge is 0.119 e. The van der Waals surface area contributed by atoms with Crippen molar-refractivity contribution in [2.75, 3.05) is 20.3 Å². The van der Waals surface area contributed by atoms with E-state index < -0.39 is 0 Å². The van der Waals surface area contributed by atoms with Crippen LogP contribution in [0.15, 0.2) is 18.2 Å². The number of methoxy groups -OCH3 is 1. The number of aryl methyl sites for hydroxylation is 1. The van der Waals surface area contributed by atoms with E-state index in [-0.39, 0.29) is 11.6 Å². The number of nitrogens with one attached hydrogen (secondary N) is 1. The fourth-order valence-corrected chi connectivity index (χ4v) is 2.43. The number of hydrogen-bond donors (Lipinski definition) is 1. The lowest BCUT2D eigenvalue weighted by Gasteiger charge is -2.40. The average Bonchev–Trinajstić information content (AvgIpc) is 2.29. The summed E-state index contributed by atoms with van der Waals surface area (Å²) in [6.07, 6.45) is 0. The van der Waals surface area contributed by atoms with Crippen LogP contribution in [0.5, 0.6) is 5.75 Å². The molecule has 1 N–H and O–H groups in total. The summed E-state index contributed by atoms with van der Waals surface area (Å²) in [4.78, 5) is 0. The highest BCUT2D eigenvalue weighted by Gasteiger charge is 2.35. The van der Waals surface area contributed by atoms with Crippen molar-refractivity contribution < 1.29 is 9.47 Å². The van der Waals surface area contributed by atoms with Gasteiger partial charge < -0.3 is 14.8 Å². The highest BCUT2D eigenvalue weighted by Crippen LogP contribution is 2.33. The predicted molar refractivity (Wildman–Crippen MR) is 68.5 cm³/mol. The molecule has 2 rings (SSSR count). The minimum absolute atomic E-state index is 0.169. The molecule has 1 saturated heterocycles. The first-order chi connectivity index (χ1) is 8.04. The van der Waals surface area contributed by atoms with Crippen LogP contribution in [0.1, 0.15) is 31.0 Å². The summed E-state index contributed by atoms with van der Waals surface area (Å²) in [5.41, 5.74) is 2.35. The van der Waals surface area contributed by atoms with Crippen LogP contribution in [0, 0.1) is 6.92 Å². The van der Waals surface area contributed by atoms with Gasteiger partial charge in [-0.1, -0.05) is 6.07 Å². The summed E-state index contributed by atoms with van der Waals surface area (Å²) in [5, 5.41) is 3.54. The fraction of sp³-hybridized carbons (Fsp3) is 0.571. The van der Waals surface area contributed by atoms with Crippen LogP contribution in [0.25, 0.3) is 0 Å². The number of benzene rings is 1. The van der Waals surface area contributed by atoms with Gasteiger partial charge in [-0.15, -0.1) is 0 Å². The quantitative estimate of drug-likeness (QED) is 0.854. The van der Waals surface area contributed by atoms with Gasteiger partial charge in [0.2, 0.25) is 0 Å². The molecule has 1 aliphatic heterocycles. The molecular formula is C14H21NO2. The molecule has 1 aromatic rings. The molecule has 0 aliphatic carbocycles. The van der Waals surface area contributed by atoms with Crippen molar-refractivity contribution in [1.82, 2.24) is 5.32 Å².